The molecule has 5 nitrogen and oxygen atoms in total. The van der Waals surface area contributed by atoms with Gasteiger partial charge in [-0.25, -0.2) is 0 Å². The number of likely N-dealkylation sites (tertiary alicyclic amines) is 1. The second-order valence-electron chi connectivity index (χ2n) is 9.49. The minimum Gasteiger partial charge on any atom is -0.490 e. The van der Waals surface area contributed by atoms with Crippen molar-refractivity contribution in [3.8, 4) is 5.75 Å². The van der Waals surface area contributed by atoms with Crippen molar-refractivity contribution in [3.05, 3.63) is 60.2 Å². The van der Waals surface area contributed by atoms with Crippen LogP contribution in [-0.4, -0.2) is 47.8 Å². The molecule has 172 valence electrons. The van der Waals surface area contributed by atoms with E-state index in [1.807, 2.05) is 30.3 Å². The number of nitrogens with zero attached hydrogens (tertiary/aromatic N) is 2. The van der Waals surface area contributed by atoms with Crippen LogP contribution in [0, 0.1) is 0 Å². The molecule has 1 heterocycles. The molecule has 2 aromatic rings. The highest BCUT2D eigenvalue weighted by atomic mass is 16.5. The highest BCUT2D eigenvalue weighted by Gasteiger charge is 2.35. The van der Waals surface area contributed by atoms with E-state index in [4.69, 9.17) is 4.74 Å². The number of benzene rings is 2. The van der Waals surface area contributed by atoms with Crippen molar-refractivity contribution in [1.29, 1.82) is 0 Å². The Kier molecular flexibility index (Phi) is 7.48. The third kappa shape index (κ3) is 6.11. The van der Waals surface area contributed by atoms with Crippen LogP contribution in [0.2, 0.25) is 0 Å². The molecule has 0 aromatic heterocycles. The zero-order chi connectivity index (χ0) is 22.4. The first kappa shape index (κ1) is 22.8. The van der Waals surface area contributed by atoms with E-state index in [1.54, 1.807) is 11.9 Å². The fourth-order valence-corrected chi connectivity index (χ4v) is 4.81. The minimum absolute atomic E-state index is 0.0510. The summed E-state index contributed by atoms with van der Waals surface area (Å²) in [5.41, 5.74) is 1.18. The summed E-state index contributed by atoms with van der Waals surface area (Å²) in [5, 5.41) is 11.1. The molecule has 2 aliphatic rings. The second kappa shape index (κ2) is 10.5. The maximum atomic E-state index is 12.9. The van der Waals surface area contributed by atoms with Gasteiger partial charge in [-0.1, -0.05) is 36.8 Å². The number of hydrogen-bond acceptors (Lipinski definition) is 4. The molecule has 0 unspecified atom stereocenters. The minimum atomic E-state index is -0.928. The maximum Gasteiger partial charge on any atom is 0.229 e. The Balaban J connectivity index is 1.26. The van der Waals surface area contributed by atoms with E-state index in [1.165, 1.54) is 24.8 Å². The van der Waals surface area contributed by atoms with Crippen LogP contribution in [-0.2, 0) is 11.3 Å². The molecule has 1 saturated heterocycles. The first-order valence-corrected chi connectivity index (χ1v) is 12.0. The van der Waals surface area contributed by atoms with Gasteiger partial charge >= 0.3 is 0 Å². The predicted molar refractivity (Wildman–Crippen MR) is 128 cm³/mol. The first-order chi connectivity index (χ1) is 15.5. The molecule has 5 heteroatoms. The maximum absolute atomic E-state index is 12.9. The van der Waals surface area contributed by atoms with Crippen molar-refractivity contribution < 1.29 is 14.6 Å². The SMILES string of the molecule is CN(C(=O)CC1(O)CCN(Cc2ccccc2)CC1)c1ccc(OC2CCCCC2)cc1. The molecule has 1 amide bonds. The fourth-order valence-electron chi connectivity index (χ4n) is 4.81. The summed E-state index contributed by atoms with van der Waals surface area (Å²) in [5.74, 6) is 0.816. The van der Waals surface area contributed by atoms with E-state index in [2.05, 4.69) is 29.2 Å². The monoisotopic (exact) mass is 436 g/mol. The van der Waals surface area contributed by atoms with Gasteiger partial charge in [0.1, 0.15) is 5.75 Å². The van der Waals surface area contributed by atoms with E-state index >= 15 is 0 Å². The largest absolute Gasteiger partial charge is 0.490 e. The van der Waals surface area contributed by atoms with Gasteiger partial charge in [0.15, 0.2) is 0 Å². The number of ether oxygens (including phenoxy) is 1. The predicted octanol–water partition coefficient (Wildman–Crippen LogP) is 4.78. The van der Waals surface area contributed by atoms with Crippen LogP contribution in [0.5, 0.6) is 5.75 Å². The Hall–Kier alpha value is -2.37. The van der Waals surface area contributed by atoms with Crippen molar-refractivity contribution in [1.82, 2.24) is 4.90 Å². The Bertz CT molecular complexity index is 854. The molecule has 2 fully saturated rings. The van der Waals surface area contributed by atoms with Crippen LogP contribution < -0.4 is 9.64 Å². The highest BCUT2D eigenvalue weighted by Crippen LogP contribution is 2.29. The van der Waals surface area contributed by atoms with Crippen molar-refractivity contribution in [2.45, 2.75) is 69.6 Å². The lowest BCUT2D eigenvalue weighted by atomic mass is 9.87. The number of anilines is 1. The van der Waals surface area contributed by atoms with E-state index in [0.717, 1.165) is 43.9 Å². The van der Waals surface area contributed by atoms with E-state index in [-0.39, 0.29) is 12.3 Å². The number of amides is 1. The van der Waals surface area contributed by atoms with Gasteiger partial charge in [0.05, 0.1) is 18.1 Å². The molecule has 0 atom stereocenters. The number of rotatable bonds is 7. The number of carbonyl (C=O) groups excluding carboxylic acids is 1. The molecule has 0 spiro atoms. The quantitative estimate of drug-likeness (QED) is 0.679. The van der Waals surface area contributed by atoms with E-state index in [9.17, 15) is 9.90 Å². The number of carbonyl (C=O) groups is 1. The van der Waals surface area contributed by atoms with Gasteiger partial charge in [-0.3, -0.25) is 9.69 Å². The van der Waals surface area contributed by atoms with Crippen LogP contribution in [0.15, 0.2) is 54.6 Å². The summed E-state index contributed by atoms with van der Waals surface area (Å²) < 4.78 is 6.09. The van der Waals surface area contributed by atoms with Gasteiger partial charge in [0.2, 0.25) is 5.91 Å². The Labute approximate surface area is 192 Å². The molecular weight excluding hydrogens is 400 g/mol. The highest BCUT2D eigenvalue weighted by molar-refractivity contribution is 5.93. The van der Waals surface area contributed by atoms with Crippen molar-refractivity contribution >= 4 is 11.6 Å². The molecule has 4 rings (SSSR count). The lowest BCUT2D eigenvalue weighted by molar-refractivity contribution is -0.125. The number of hydrogen-bond donors (Lipinski definition) is 1. The molecule has 0 bridgehead atoms. The van der Waals surface area contributed by atoms with Crippen LogP contribution in [0.4, 0.5) is 5.69 Å². The molecule has 1 aliphatic carbocycles. The Morgan fingerprint density at radius 2 is 1.69 bits per heavy atom. The first-order valence-electron chi connectivity index (χ1n) is 12.0. The Morgan fingerprint density at radius 3 is 2.34 bits per heavy atom. The van der Waals surface area contributed by atoms with Crippen LogP contribution in [0.1, 0.15) is 56.9 Å². The average molecular weight is 437 g/mol. The van der Waals surface area contributed by atoms with Gasteiger partial charge in [-0.2, -0.15) is 0 Å². The van der Waals surface area contributed by atoms with Crippen LogP contribution in [0.3, 0.4) is 0 Å². The molecule has 1 N–H and O–H groups in total. The van der Waals surface area contributed by atoms with Gasteiger partial charge in [-0.05, 0) is 68.4 Å². The molecule has 0 radical (unpaired) electrons. The molecule has 32 heavy (non-hydrogen) atoms. The van der Waals surface area contributed by atoms with E-state index in [0.29, 0.717) is 18.9 Å². The zero-order valence-electron chi connectivity index (χ0n) is 19.2. The fraction of sp³-hybridized carbons (Fsp3) is 0.519. The normalized spacial score (nSPS) is 19.4. The van der Waals surface area contributed by atoms with Crippen molar-refractivity contribution in [2.24, 2.45) is 0 Å². The van der Waals surface area contributed by atoms with E-state index < -0.39 is 5.60 Å². The van der Waals surface area contributed by atoms with Crippen molar-refractivity contribution in [2.75, 3.05) is 25.0 Å². The topological polar surface area (TPSA) is 53.0 Å². The van der Waals surface area contributed by atoms with Gasteiger partial charge in [-0.15, -0.1) is 0 Å². The molecule has 2 aromatic carbocycles. The molecule has 1 aliphatic heterocycles. The summed E-state index contributed by atoms with van der Waals surface area (Å²) in [7, 11) is 1.78. The summed E-state index contributed by atoms with van der Waals surface area (Å²) in [6, 6.07) is 18.2. The zero-order valence-corrected chi connectivity index (χ0v) is 19.2. The summed E-state index contributed by atoms with van der Waals surface area (Å²) in [6.45, 7) is 2.49. The summed E-state index contributed by atoms with van der Waals surface area (Å²) >= 11 is 0. The molecular formula is C27H36N2O3. The third-order valence-corrected chi connectivity index (χ3v) is 6.97. The van der Waals surface area contributed by atoms with Gasteiger partial charge < -0.3 is 14.7 Å². The number of piperidine rings is 1. The van der Waals surface area contributed by atoms with Crippen LogP contribution in [0.25, 0.3) is 0 Å². The smallest absolute Gasteiger partial charge is 0.229 e. The van der Waals surface area contributed by atoms with Crippen molar-refractivity contribution in [3.63, 3.8) is 0 Å². The van der Waals surface area contributed by atoms with Gasteiger partial charge in [0, 0.05) is 32.4 Å². The lowest BCUT2D eigenvalue weighted by Gasteiger charge is -2.38. The van der Waals surface area contributed by atoms with Crippen LogP contribution >= 0.6 is 0 Å². The second-order valence-corrected chi connectivity index (χ2v) is 9.49. The third-order valence-electron chi connectivity index (χ3n) is 6.97. The number of aliphatic hydroxyl groups is 1. The lowest BCUT2D eigenvalue weighted by Crippen LogP contribution is -2.47. The summed E-state index contributed by atoms with van der Waals surface area (Å²) in [4.78, 5) is 16.9. The molecule has 1 saturated carbocycles. The standard InChI is InChI=1S/C27H36N2O3/c1-28(23-12-14-25(15-13-23)32-24-10-6-3-7-11-24)26(30)20-27(31)16-18-29(19-17-27)21-22-8-4-2-5-9-22/h2,4-5,8-9,12-15,24,31H,3,6-7,10-11,16-21H2,1H3. The average Bonchev–Trinajstić information content (AvgIpc) is 2.82. The summed E-state index contributed by atoms with van der Waals surface area (Å²) in [6.07, 6.45) is 7.76. The van der Waals surface area contributed by atoms with Gasteiger partial charge in [0.25, 0.3) is 0 Å². The Morgan fingerprint density at radius 1 is 1.03 bits per heavy atom.